The van der Waals surface area contributed by atoms with Crippen molar-refractivity contribution >= 4 is 17.1 Å². The topological polar surface area (TPSA) is 113 Å². The zero-order chi connectivity index (χ0) is 13.2. The summed E-state index contributed by atoms with van der Waals surface area (Å²) in [6.07, 6.45) is 1.50. The number of carbonyl (C=O) groups is 1. The van der Waals surface area contributed by atoms with Crippen molar-refractivity contribution in [3.63, 3.8) is 0 Å². The van der Waals surface area contributed by atoms with Gasteiger partial charge in [0, 0.05) is 20.1 Å². The number of carboxylic acid groups (broad SMARTS) is 1. The van der Waals surface area contributed by atoms with Gasteiger partial charge in [0.05, 0.1) is 6.33 Å². The van der Waals surface area contributed by atoms with E-state index in [0.29, 0.717) is 11.2 Å². The Morgan fingerprint density at radius 1 is 1.39 bits per heavy atom. The van der Waals surface area contributed by atoms with Gasteiger partial charge < -0.3 is 14.5 Å². The first-order chi connectivity index (χ1) is 7.84. The molecule has 0 aromatic carbocycles. The Bertz CT molecular complexity index is 665. The van der Waals surface area contributed by atoms with Gasteiger partial charge in [0.1, 0.15) is 0 Å². The summed E-state index contributed by atoms with van der Waals surface area (Å²) in [6, 6.07) is 0. The number of aliphatic carboxylic acids is 1. The van der Waals surface area contributed by atoms with E-state index < -0.39 is 17.2 Å². The van der Waals surface area contributed by atoms with Crippen LogP contribution in [0.5, 0.6) is 0 Å². The molecule has 0 atom stereocenters. The van der Waals surface area contributed by atoms with Crippen LogP contribution in [0.2, 0.25) is 0 Å². The molecule has 0 aliphatic rings. The van der Waals surface area contributed by atoms with Crippen molar-refractivity contribution in [1.29, 1.82) is 0 Å². The molecular formula is C9H11N4NaO4. The molecule has 2 rings (SSSR count). The van der Waals surface area contributed by atoms with Gasteiger partial charge >= 0.3 is 35.2 Å². The molecule has 0 unspecified atom stereocenters. The smallest absolute Gasteiger partial charge is 0.550 e. The second-order valence-corrected chi connectivity index (χ2v) is 3.34. The molecular weight excluding hydrogens is 251 g/mol. The molecule has 8 nitrogen and oxygen atoms in total. The third-order valence-electron chi connectivity index (χ3n) is 1.98. The van der Waals surface area contributed by atoms with Crippen molar-refractivity contribution in [3.8, 4) is 0 Å². The summed E-state index contributed by atoms with van der Waals surface area (Å²) < 4.78 is 2.88. The van der Waals surface area contributed by atoms with Crippen molar-refractivity contribution in [2.24, 2.45) is 14.1 Å². The monoisotopic (exact) mass is 262 g/mol. The van der Waals surface area contributed by atoms with E-state index in [1.54, 1.807) is 18.7 Å². The summed E-state index contributed by atoms with van der Waals surface area (Å²) in [6.45, 7) is 0.972. The van der Waals surface area contributed by atoms with Crippen molar-refractivity contribution in [2.45, 2.75) is 6.92 Å². The zero-order valence-corrected chi connectivity index (χ0v) is 12.6. The van der Waals surface area contributed by atoms with E-state index in [2.05, 4.69) is 9.97 Å². The number of aryl methyl sites for hydroxylation is 2. The number of carbonyl (C=O) groups excluding carboxylic acids is 1. The predicted octanol–water partition coefficient (Wildman–Crippen LogP) is -5.28. The van der Waals surface area contributed by atoms with Crippen LogP contribution in [0.15, 0.2) is 15.9 Å². The number of rotatable bonds is 0. The summed E-state index contributed by atoms with van der Waals surface area (Å²) >= 11 is 0. The first kappa shape index (κ1) is 16.6. The minimum Gasteiger partial charge on any atom is -0.550 e. The maximum atomic E-state index is 11.3. The molecule has 9 heteroatoms. The van der Waals surface area contributed by atoms with E-state index in [9.17, 15) is 9.59 Å². The Morgan fingerprint density at radius 3 is 2.39 bits per heavy atom. The number of carboxylic acids is 1. The zero-order valence-electron chi connectivity index (χ0n) is 10.6. The predicted molar refractivity (Wildman–Crippen MR) is 57.3 cm³/mol. The van der Waals surface area contributed by atoms with Gasteiger partial charge in [-0.15, -0.1) is 0 Å². The normalized spacial score (nSPS) is 9.28. The van der Waals surface area contributed by atoms with Crippen molar-refractivity contribution in [1.82, 2.24) is 19.1 Å². The molecule has 0 aliphatic heterocycles. The van der Waals surface area contributed by atoms with Crippen molar-refractivity contribution < 1.29 is 39.5 Å². The molecule has 0 saturated carbocycles. The largest absolute Gasteiger partial charge is 1.00 e. The number of aromatic nitrogens is 4. The molecule has 92 valence electrons. The van der Waals surface area contributed by atoms with Gasteiger partial charge in [-0.3, -0.25) is 14.3 Å². The molecule has 0 bridgehead atoms. The third-order valence-corrected chi connectivity index (χ3v) is 1.98. The van der Waals surface area contributed by atoms with Crippen LogP contribution in [-0.4, -0.2) is 25.1 Å². The molecule has 1 N–H and O–H groups in total. The second kappa shape index (κ2) is 6.53. The van der Waals surface area contributed by atoms with E-state index in [1.807, 2.05) is 0 Å². The van der Waals surface area contributed by atoms with Crippen LogP contribution < -0.4 is 45.9 Å². The fourth-order valence-corrected chi connectivity index (χ4v) is 1.26. The molecule has 0 amide bonds. The van der Waals surface area contributed by atoms with Gasteiger partial charge in [0.15, 0.2) is 11.2 Å². The fraction of sp³-hybridized carbons (Fsp3) is 0.333. The SMILES string of the molecule is CC(=O)[O-].Cn1cnc2c1c(=O)[nH]c(=O)n2C.[Na+]. The third kappa shape index (κ3) is 3.56. The number of nitrogens with one attached hydrogen (secondary N) is 1. The number of hydrogen-bond acceptors (Lipinski definition) is 5. The van der Waals surface area contributed by atoms with Crippen molar-refractivity contribution in [2.75, 3.05) is 0 Å². The van der Waals surface area contributed by atoms with Crippen LogP contribution in [0.25, 0.3) is 11.2 Å². The Morgan fingerprint density at radius 2 is 1.89 bits per heavy atom. The molecule has 2 aromatic heterocycles. The van der Waals surface area contributed by atoms with Gasteiger partial charge in [0.25, 0.3) is 5.56 Å². The Kier molecular flexibility index (Phi) is 6.02. The molecule has 0 spiro atoms. The number of imidazole rings is 1. The average Bonchev–Trinajstić information content (AvgIpc) is 2.56. The van der Waals surface area contributed by atoms with Crippen LogP contribution >= 0.6 is 0 Å². The van der Waals surface area contributed by atoms with Crippen LogP contribution in [0.4, 0.5) is 0 Å². The molecule has 0 saturated heterocycles. The number of hydrogen-bond donors (Lipinski definition) is 1. The summed E-state index contributed by atoms with van der Waals surface area (Å²) in [7, 11) is 3.27. The summed E-state index contributed by atoms with van der Waals surface area (Å²) in [5, 5.41) is 8.89. The Hall–Kier alpha value is -1.38. The quantitative estimate of drug-likeness (QED) is 0.476. The van der Waals surface area contributed by atoms with Gasteiger partial charge in [-0.2, -0.15) is 0 Å². The molecule has 2 aromatic rings. The minimum atomic E-state index is -1.08. The van der Waals surface area contributed by atoms with Gasteiger partial charge in [-0.1, -0.05) is 0 Å². The van der Waals surface area contributed by atoms with Gasteiger partial charge in [-0.05, 0) is 6.92 Å². The molecule has 2 heterocycles. The van der Waals surface area contributed by atoms with E-state index in [1.165, 1.54) is 10.9 Å². The molecule has 0 radical (unpaired) electrons. The van der Waals surface area contributed by atoms with Gasteiger partial charge in [0.2, 0.25) is 0 Å². The number of fused-ring (bicyclic) bond motifs is 1. The second-order valence-electron chi connectivity index (χ2n) is 3.34. The standard InChI is InChI=1S/C7H8N4O2.C2H4O2.Na/c1-10-3-8-5-4(10)6(12)9-7(13)11(5)2;1-2(3)4;/h3H,1-2H3,(H,9,12,13);1H3,(H,3,4);/q;;+1/p-1. The van der Waals surface area contributed by atoms with Gasteiger partial charge in [-0.25, -0.2) is 9.78 Å². The minimum absolute atomic E-state index is 0. The maximum absolute atomic E-state index is 11.3. The molecule has 0 aliphatic carbocycles. The Labute approximate surface area is 124 Å². The first-order valence-electron chi connectivity index (χ1n) is 4.62. The van der Waals surface area contributed by atoms with Crippen LogP contribution in [0, 0.1) is 0 Å². The molecule has 0 fully saturated rings. The van der Waals surface area contributed by atoms with E-state index in [-0.39, 0.29) is 29.6 Å². The first-order valence-corrected chi connectivity index (χ1v) is 4.62. The summed E-state index contributed by atoms with van der Waals surface area (Å²) in [5.74, 6) is -1.08. The van der Waals surface area contributed by atoms with Crippen LogP contribution in [-0.2, 0) is 18.9 Å². The summed E-state index contributed by atoms with van der Waals surface area (Å²) in [4.78, 5) is 37.5. The molecule has 18 heavy (non-hydrogen) atoms. The summed E-state index contributed by atoms with van der Waals surface area (Å²) in [5.41, 5.74) is -0.0485. The number of nitrogens with zero attached hydrogens (tertiary/aromatic N) is 3. The van der Waals surface area contributed by atoms with E-state index in [0.717, 1.165) is 6.92 Å². The van der Waals surface area contributed by atoms with Crippen molar-refractivity contribution in [3.05, 3.63) is 27.2 Å². The van der Waals surface area contributed by atoms with Crippen LogP contribution in [0.3, 0.4) is 0 Å². The fourth-order valence-electron chi connectivity index (χ4n) is 1.26. The maximum Gasteiger partial charge on any atom is 1.00 e. The Balaban J connectivity index is 0.000000512. The number of aromatic amines is 1. The number of H-pyrrole nitrogens is 1. The van der Waals surface area contributed by atoms with E-state index >= 15 is 0 Å². The van der Waals surface area contributed by atoms with Crippen LogP contribution in [0.1, 0.15) is 6.92 Å². The average molecular weight is 262 g/mol. The van der Waals surface area contributed by atoms with E-state index in [4.69, 9.17) is 9.90 Å².